The Kier molecular flexibility index (Phi) is 4.69. The first-order valence-corrected chi connectivity index (χ1v) is 5.36. The summed E-state index contributed by atoms with van der Waals surface area (Å²) in [5.74, 6) is -1.15. The molecule has 1 rings (SSSR count). The van der Waals surface area contributed by atoms with Crippen LogP contribution in [0.3, 0.4) is 0 Å². The topological polar surface area (TPSA) is 56.1 Å². The number of rotatable bonds is 3. The van der Waals surface area contributed by atoms with Crippen LogP contribution >= 0.6 is 11.6 Å². The van der Waals surface area contributed by atoms with Gasteiger partial charge in [-0.25, -0.2) is 4.39 Å². The molecule has 1 aromatic rings. The Bertz CT molecular complexity index is 535. The second-order valence-electron chi connectivity index (χ2n) is 3.70. The van der Waals surface area contributed by atoms with E-state index in [-0.39, 0.29) is 10.6 Å². The van der Waals surface area contributed by atoms with Crippen molar-refractivity contribution in [3.63, 3.8) is 0 Å². The second kappa shape index (κ2) is 6.03. The molecule has 0 heterocycles. The van der Waals surface area contributed by atoms with Crippen molar-refractivity contribution >= 4 is 23.2 Å². The summed E-state index contributed by atoms with van der Waals surface area (Å²) in [7, 11) is 3.39. The van der Waals surface area contributed by atoms with Gasteiger partial charge in [0.1, 0.15) is 17.5 Å². The lowest BCUT2D eigenvalue weighted by Gasteiger charge is -2.08. The van der Waals surface area contributed by atoms with Crippen LogP contribution in [-0.2, 0) is 4.79 Å². The highest BCUT2D eigenvalue weighted by Crippen LogP contribution is 2.19. The molecule has 0 aliphatic carbocycles. The van der Waals surface area contributed by atoms with E-state index in [1.165, 1.54) is 18.3 Å². The van der Waals surface area contributed by atoms with Gasteiger partial charge >= 0.3 is 0 Å². The van der Waals surface area contributed by atoms with Crippen LogP contribution in [0, 0.1) is 17.1 Å². The zero-order chi connectivity index (χ0) is 13.7. The van der Waals surface area contributed by atoms with Crippen molar-refractivity contribution in [3.8, 4) is 6.07 Å². The van der Waals surface area contributed by atoms with E-state index >= 15 is 0 Å². The minimum atomic E-state index is -0.575. The van der Waals surface area contributed by atoms with Crippen LogP contribution in [0.15, 0.2) is 30.0 Å². The van der Waals surface area contributed by atoms with Crippen molar-refractivity contribution in [1.29, 1.82) is 5.26 Å². The normalized spacial score (nSPS) is 10.7. The zero-order valence-electron chi connectivity index (χ0n) is 9.87. The molecule has 0 aromatic heterocycles. The largest absolute Gasteiger partial charge is 0.382 e. The molecule has 94 valence electrons. The van der Waals surface area contributed by atoms with Gasteiger partial charge in [-0.1, -0.05) is 11.6 Å². The molecular weight excluding hydrogens is 257 g/mol. The summed E-state index contributed by atoms with van der Waals surface area (Å²) in [4.78, 5) is 13.3. The molecular formula is C12H11ClFN3O. The number of carbonyl (C=O) groups is 1. The fourth-order valence-electron chi connectivity index (χ4n) is 1.17. The summed E-state index contributed by atoms with van der Waals surface area (Å²) >= 11 is 5.58. The number of hydrogen-bond acceptors (Lipinski definition) is 3. The van der Waals surface area contributed by atoms with Crippen molar-refractivity contribution in [2.75, 3.05) is 19.4 Å². The summed E-state index contributed by atoms with van der Waals surface area (Å²) in [5.41, 5.74) is 0.270. The highest BCUT2D eigenvalue weighted by atomic mass is 35.5. The molecule has 0 unspecified atom stereocenters. The maximum absolute atomic E-state index is 12.9. The van der Waals surface area contributed by atoms with Crippen LogP contribution in [0.25, 0.3) is 0 Å². The van der Waals surface area contributed by atoms with Gasteiger partial charge in [-0.3, -0.25) is 4.79 Å². The molecule has 0 saturated heterocycles. The molecule has 0 saturated carbocycles. The summed E-state index contributed by atoms with van der Waals surface area (Å²) in [5, 5.41) is 11.2. The lowest BCUT2D eigenvalue weighted by molar-refractivity contribution is -0.112. The van der Waals surface area contributed by atoms with Crippen LogP contribution in [0.1, 0.15) is 0 Å². The van der Waals surface area contributed by atoms with Gasteiger partial charge in [0, 0.05) is 26.0 Å². The zero-order valence-corrected chi connectivity index (χ0v) is 10.6. The van der Waals surface area contributed by atoms with Gasteiger partial charge in [-0.15, -0.1) is 0 Å². The number of nitrogens with one attached hydrogen (secondary N) is 1. The number of nitriles is 1. The minimum absolute atomic E-state index is 0.0551. The van der Waals surface area contributed by atoms with Crippen molar-refractivity contribution in [2.24, 2.45) is 0 Å². The Morgan fingerprint density at radius 2 is 2.22 bits per heavy atom. The van der Waals surface area contributed by atoms with Gasteiger partial charge in [0.25, 0.3) is 5.91 Å². The molecule has 1 N–H and O–H groups in total. The summed E-state index contributed by atoms with van der Waals surface area (Å²) in [6.07, 6.45) is 1.39. The molecule has 0 spiro atoms. The lowest BCUT2D eigenvalue weighted by Crippen LogP contribution is -2.16. The fraction of sp³-hybridized carbons (Fsp3) is 0.167. The molecule has 0 radical (unpaired) electrons. The van der Waals surface area contributed by atoms with E-state index in [1.807, 2.05) is 0 Å². The van der Waals surface area contributed by atoms with Crippen LogP contribution in [0.4, 0.5) is 10.1 Å². The SMILES string of the molecule is CN(C)/C=C(\C#N)C(=O)Nc1ccc(F)c(Cl)c1. The molecule has 6 heteroatoms. The highest BCUT2D eigenvalue weighted by Gasteiger charge is 2.10. The van der Waals surface area contributed by atoms with E-state index in [9.17, 15) is 9.18 Å². The van der Waals surface area contributed by atoms with Gasteiger partial charge < -0.3 is 10.2 Å². The Labute approximate surface area is 109 Å². The van der Waals surface area contributed by atoms with Gasteiger partial charge in [0.05, 0.1) is 5.02 Å². The molecule has 0 aliphatic heterocycles. The van der Waals surface area contributed by atoms with Gasteiger partial charge in [0.2, 0.25) is 0 Å². The van der Waals surface area contributed by atoms with E-state index in [2.05, 4.69) is 5.32 Å². The third kappa shape index (κ3) is 3.75. The fourth-order valence-corrected chi connectivity index (χ4v) is 1.35. The van der Waals surface area contributed by atoms with Gasteiger partial charge in [-0.2, -0.15) is 5.26 Å². The number of benzene rings is 1. The molecule has 0 aliphatic rings. The molecule has 0 atom stereocenters. The smallest absolute Gasteiger partial charge is 0.267 e. The van der Waals surface area contributed by atoms with E-state index in [4.69, 9.17) is 16.9 Å². The van der Waals surface area contributed by atoms with Crippen molar-refractivity contribution < 1.29 is 9.18 Å². The Hall–Kier alpha value is -2.06. The number of halogens is 2. The first kappa shape index (κ1) is 14.0. The molecule has 1 amide bonds. The Balaban J connectivity index is 2.87. The molecule has 18 heavy (non-hydrogen) atoms. The first-order valence-electron chi connectivity index (χ1n) is 4.99. The van der Waals surface area contributed by atoms with Crippen molar-refractivity contribution in [1.82, 2.24) is 4.90 Å². The number of carbonyl (C=O) groups excluding carboxylic acids is 1. The predicted octanol–water partition coefficient (Wildman–Crippen LogP) is 2.39. The average Bonchev–Trinajstić information content (AvgIpc) is 2.30. The number of amides is 1. The summed E-state index contributed by atoms with van der Waals surface area (Å²) < 4.78 is 12.9. The third-order valence-corrected chi connectivity index (χ3v) is 2.22. The van der Waals surface area contributed by atoms with Crippen molar-refractivity contribution in [3.05, 3.63) is 40.8 Å². The maximum Gasteiger partial charge on any atom is 0.267 e. The average molecular weight is 268 g/mol. The number of anilines is 1. The maximum atomic E-state index is 12.9. The number of hydrogen-bond donors (Lipinski definition) is 1. The van der Waals surface area contributed by atoms with E-state index in [0.717, 1.165) is 6.07 Å². The van der Waals surface area contributed by atoms with E-state index < -0.39 is 11.7 Å². The lowest BCUT2D eigenvalue weighted by atomic mass is 10.2. The third-order valence-electron chi connectivity index (χ3n) is 1.93. The molecule has 0 bridgehead atoms. The van der Waals surface area contributed by atoms with Crippen molar-refractivity contribution in [2.45, 2.75) is 0 Å². The second-order valence-corrected chi connectivity index (χ2v) is 4.11. The quantitative estimate of drug-likeness (QED) is 0.676. The Morgan fingerprint density at radius 3 is 2.72 bits per heavy atom. The van der Waals surface area contributed by atoms with Gasteiger partial charge in [-0.05, 0) is 18.2 Å². The summed E-state index contributed by atoms with van der Waals surface area (Å²) in [6.45, 7) is 0. The predicted molar refractivity (Wildman–Crippen MR) is 67.4 cm³/mol. The van der Waals surface area contributed by atoms with Crippen LogP contribution < -0.4 is 5.32 Å². The van der Waals surface area contributed by atoms with E-state index in [1.54, 1.807) is 25.1 Å². The van der Waals surface area contributed by atoms with Crippen LogP contribution in [0.5, 0.6) is 0 Å². The molecule has 4 nitrogen and oxygen atoms in total. The first-order chi connectivity index (χ1) is 8.43. The van der Waals surface area contributed by atoms with E-state index in [0.29, 0.717) is 5.69 Å². The van der Waals surface area contributed by atoms with Gasteiger partial charge in [0.15, 0.2) is 0 Å². The number of nitrogens with zero attached hydrogens (tertiary/aromatic N) is 2. The molecule has 0 fully saturated rings. The summed E-state index contributed by atoms with van der Waals surface area (Å²) in [6, 6.07) is 5.56. The minimum Gasteiger partial charge on any atom is -0.382 e. The monoisotopic (exact) mass is 267 g/mol. The standard InChI is InChI=1S/C12H11ClFN3O/c1-17(2)7-8(6-15)12(18)16-9-3-4-11(14)10(13)5-9/h3-5,7H,1-2H3,(H,16,18)/b8-7+. The molecule has 1 aromatic carbocycles. The van der Waals surface area contributed by atoms with Crippen LogP contribution in [0.2, 0.25) is 5.02 Å². The highest BCUT2D eigenvalue weighted by molar-refractivity contribution is 6.31. The van der Waals surface area contributed by atoms with Crippen LogP contribution in [-0.4, -0.2) is 24.9 Å². The Morgan fingerprint density at radius 1 is 1.56 bits per heavy atom.